The molecule has 29 heavy (non-hydrogen) atoms. The Bertz CT molecular complexity index is 805. The molecule has 4 rings (SSSR count). The summed E-state index contributed by atoms with van der Waals surface area (Å²) in [6.07, 6.45) is 2.37. The highest BCUT2D eigenvalue weighted by atomic mass is 16.5. The topological polar surface area (TPSA) is 44.8 Å². The zero-order valence-corrected chi connectivity index (χ0v) is 17.5. The first-order valence-corrected chi connectivity index (χ1v) is 11.0. The molecular formula is C24H33N3O2. The molecule has 0 saturated carbocycles. The Morgan fingerprint density at radius 1 is 1.03 bits per heavy atom. The van der Waals surface area contributed by atoms with Crippen molar-refractivity contribution in [2.45, 2.75) is 25.8 Å². The van der Waals surface area contributed by atoms with E-state index in [9.17, 15) is 4.79 Å². The van der Waals surface area contributed by atoms with Crippen molar-refractivity contribution in [3.05, 3.63) is 48.0 Å². The van der Waals surface area contributed by atoms with E-state index in [0.29, 0.717) is 6.54 Å². The third kappa shape index (κ3) is 5.35. The second kappa shape index (κ2) is 9.70. The molecule has 5 nitrogen and oxygen atoms in total. The number of fused-ring (bicyclic) bond motifs is 1. The number of morpholine rings is 1. The summed E-state index contributed by atoms with van der Waals surface area (Å²) in [7, 11) is 0. The van der Waals surface area contributed by atoms with Crippen LogP contribution >= 0.6 is 0 Å². The van der Waals surface area contributed by atoms with Gasteiger partial charge in [0.1, 0.15) is 0 Å². The Labute approximate surface area is 174 Å². The SMILES string of the molecule is CC(NC(=O)CN1CCC(CN2CCOCC2)CC1)c1cccc2ccccc12. The van der Waals surface area contributed by atoms with Crippen LogP contribution in [0.1, 0.15) is 31.4 Å². The van der Waals surface area contributed by atoms with Gasteiger partial charge in [0.2, 0.25) is 5.91 Å². The van der Waals surface area contributed by atoms with Crippen LogP contribution in [0.15, 0.2) is 42.5 Å². The minimum Gasteiger partial charge on any atom is -0.379 e. The van der Waals surface area contributed by atoms with Gasteiger partial charge < -0.3 is 10.1 Å². The molecule has 0 spiro atoms. The van der Waals surface area contributed by atoms with E-state index in [0.717, 1.165) is 45.3 Å². The van der Waals surface area contributed by atoms with Crippen molar-refractivity contribution in [2.24, 2.45) is 5.92 Å². The van der Waals surface area contributed by atoms with Gasteiger partial charge in [-0.2, -0.15) is 0 Å². The highest BCUT2D eigenvalue weighted by molar-refractivity contribution is 5.87. The molecule has 2 aromatic carbocycles. The van der Waals surface area contributed by atoms with Crippen molar-refractivity contribution in [3.63, 3.8) is 0 Å². The molecule has 0 radical (unpaired) electrons. The van der Waals surface area contributed by atoms with Crippen molar-refractivity contribution in [2.75, 3.05) is 52.5 Å². The normalized spacial score (nSPS) is 20.6. The van der Waals surface area contributed by atoms with Crippen LogP contribution in [0.3, 0.4) is 0 Å². The van der Waals surface area contributed by atoms with E-state index in [-0.39, 0.29) is 11.9 Å². The average Bonchev–Trinajstić information content (AvgIpc) is 2.75. The molecular weight excluding hydrogens is 362 g/mol. The van der Waals surface area contributed by atoms with Gasteiger partial charge in [-0.05, 0) is 55.1 Å². The Morgan fingerprint density at radius 3 is 2.55 bits per heavy atom. The molecule has 2 aliphatic rings. The van der Waals surface area contributed by atoms with Gasteiger partial charge in [0, 0.05) is 19.6 Å². The minimum atomic E-state index is 0.00691. The fourth-order valence-corrected chi connectivity index (χ4v) is 4.67. The van der Waals surface area contributed by atoms with Crippen molar-refractivity contribution in [1.82, 2.24) is 15.1 Å². The van der Waals surface area contributed by atoms with Crippen molar-refractivity contribution < 1.29 is 9.53 Å². The summed E-state index contributed by atoms with van der Waals surface area (Å²) >= 11 is 0. The molecule has 1 atom stereocenters. The van der Waals surface area contributed by atoms with Crippen LogP contribution in [0.4, 0.5) is 0 Å². The number of hydrogen-bond donors (Lipinski definition) is 1. The van der Waals surface area contributed by atoms with Crippen molar-refractivity contribution in [3.8, 4) is 0 Å². The minimum absolute atomic E-state index is 0.00691. The van der Waals surface area contributed by atoms with E-state index >= 15 is 0 Å². The molecule has 156 valence electrons. The molecule has 0 aliphatic carbocycles. The van der Waals surface area contributed by atoms with Crippen LogP contribution in [0.5, 0.6) is 0 Å². The number of ether oxygens (including phenoxy) is 1. The summed E-state index contributed by atoms with van der Waals surface area (Å²) in [6, 6.07) is 14.7. The van der Waals surface area contributed by atoms with Crippen LogP contribution in [-0.2, 0) is 9.53 Å². The van der Waals surface area contributed by atoms with E-state index in [1.165, 1.54) is 35.7 Å². The van der Waals surface area contributed by atoms with E-state index in [1.54, 1.807) is 0 Å². The van der Waals surface area contributed by atoms with Gasteiger partial charge >= 0.3 is 0 Å². The number of rotatable bonds is 6. The third-order valence-corrected chi connectivity index (χ3v) is 6.36. The average molecular weight is 396 g/mol. The number of likely N-dealkylation sites (tertiary alicyclic amines) is 1. The maximum atomic E-state index is 12.7. The second-order valence-corrected chi connectivity index (χ2v) is 8.49. The molecule has 2 heterocycles. The van der Waals surface area contributed by atoms with Gasteiger partial charge in [-0.1, -0.05) is 42.5 Å². The predicted octanol–water partition coefficient (Wildman–Crippen LogP) is 3.06. The summed E-state index contributed by atoms with van der Waals surface area (Å²) in [4.78, 5) is 17.5. The fraction of sp³-hybridized carbons (Fsp3) is 0.542. The molecule has 1 amide bonds. The lowest BCUT2D eigenvalue weighted by atomic mass is 9.96. The zero-order chi connectivity index (χ0) is 20.1. The number of hydrogen-bond acceptors (Lipinski definition) is 4. The molecule has 2 aliphatic heterocycles. The molecule has 5 heteroatoms. The van der Waals surface area contributed by atoms with E-state index in [2.05, 4.69) is 64.5 Å². The maximum absolute atomic E-state index is 12.7. The summed E-state index contributed by atoms with van der Waals surface area (Å²) in [5.41, 5.74) is 1.18. The van der Waals surface area contributed by atoms with Gasteiger partial charge in [0.05, 0.1) is 25.8 Å². The lowest BCUT2D eigenvalue weighted by molar-refractivity contribution is -0.123. The van der Waals surface area contributed by atoms with E-state index in [1.807, 2.05) is 0 Å². The molecule has 2 fully saturated rings. The summed E-state index contributed by atoms with van der Waals surface area (Å²) < 4.78 is 5.44. The smallest absolute Gasteiger partial charge is 0.234 e. The number of nitrogens with one attached hydrogen (secondary N) is 1. The third-order valence-electron chi connectivity index (χ3n) is 6.36. The van der Waals surface area contributed by atoms with Gasteiger partial charge in [0.25, 0.3) is 0 Å². The monoisotopic (exact) mass is 395 g/mol. The molecule has 1 N–H and O–H groups in total. The fourth-order valence-electron chi connectivity index (χ4n) is 4.67. The van der Waals surface area contributed by atoms with Gasteiger partial charge in [-0.25, -0.2) is 0 Å². The summed E-state index contributed by atoms with van der Waals surface area (Å²) in [5, 5.41) is 5.64. The zero-order valence-electron chi connectivity index (χ0n) is 17.5. The summed E-state index contributed by atoms with van der Waals surface area (Å²) in [5.74, 6) is 0.874. The first-order chi connectivity index (χ1) is 14.2. The Morgan fingerprint density at radius 2 is 1.76 bits per heavy atom. The van der Waals surface area contributed by atoms with Crippen LogP contribution < -0.4 is 5.32 Å². The van der Waals surface area contributed by atoms with Crippen LogP contribution in [0.25, 0.3) is 10.8 Å². The first-order valence-electron chi connectivity index (χ1n) is 11.0. The second-order valence-electron chi connectivity index (χ2n) is 8.49. The number of piperidine rings is 1. The quantitative estimate of drug-likeness (QED) is 0.817. The number of nitrogens with zero attached hydrogens (tertiary/aromatic N) is 2. The highest BCUT2D eigenvalue weighted by Crippen LogP contribution is 2.24. The predicted molar refractivity (Wildman–Crippen MR) is 117 cm³/mol. The first kappa shape index (κ1) is 20.3. The van der Waals surface area contributed by atoms with Crippen LogP contribution in [0, 0.1) is 5.92 Å². The number of carbonyl (C=O) groups excluding carboxylic acids is 1. The lowest BCUT2D eigenvalue weighted by Gasteiger charge is -2.35. The van der Waals surface area contributed by atoms with Crippen LogP contribution in [0.2, 0.25) is 0 Å². The lowest BCUT2D eigenvalue weighted by Crippen LogP contribution is -2.45. The Hall–Kier alpha value is -1.95. The summed E-state index contributed by atoms with van der Waals surface area (Å²) in [6.45, 7) is 9.66. The standard InChI is InChI=1S/C24H33N3O2/c1-19(22-8-4-6-21-5-2-3-7-23(21)22)25-24(28)18-26-11-9-20(10-12-26)17-27-13-15-29-16-14-27/h2-8,19-20H,9-18H2,1H3,(H,25,28). The molecule has 2 saturated heterocycles. The highest BCUT2D eigenvalue weighted by Gasteiger charge is 2.24. The van der Waals surface area contributed by atoms with E-state index < -0.39 is 0 Å². The molecule has 0 aromatic heterocycles. The Kier molecular flexibility index (Phi) is 6.80. The van der Waals surface area contributed by atoms with Gasteiger partial charge in [0.15, 0.2) is 0 Å². The maximum Gasteiger partial charge on any atom is 0.234 e. The molecule has 1 unspecified atom stereocenters. The van der Waals surface area contributed by atoms with Crippen LogP contribution in [-0.4, -0.2) is 68.2 Å². The number of amides is 1. The van der Waals surface area contributed by atoms with Crippen molar-refractivity contribution >= 4 is 16.7 Å². The molecule has 0 bridgehead atoms. The Balaban J connectivity index is 1.24. The number of carbonyl (C=O) groups is 1. The van der Waals surface area contributed by atoms with Gasteiger partial charge in [-0.15, -0.1) is 0 Å². The van der Waals surface area contributed by atoms with Crippen molar-refractivity contribution in [1.29, 1.82) is 0 Å². The largest absolute Gasteiger partial charge is 0.379 e. The van der Waals surface area contributed by atoms with E-state index in [4.69, 9.17) is 4.74 Å². The molecule has 2 aromatic rings. The number of benzene rings is 2. The van der Waals surface area contributed by atoms with Gasteiger partial charge in [-0.3, -0.25) is 14.6 Å².